The number of piperidine rings is 1. The van der Waals surface area contributed by atoms with Gasteiger partial charge in [0, 0.05) is 12.5 Å². The zero-order chi connectivity index (χ0) is 11.1. The number of carbonyl (C=O) groups is 1. The van der Waals surface area contributed by atoms with E-state index in [0.29, 0.717) is 6.61 Å². The van der Waals surface area contributed by atoms with Crippen molar-refractivity contribution < 1.29 is 9.90 Å². The Hall–Kier alpha value is -0.610. The molecule has 4 nitrogen and oxygen atoms in total. The highest BCUT2D eigenvalue weighted by molar-refractivity contribution is 5.76. The summed E-state index contributed by atoms with van der Waals surface area (Å²) in [4.78, 5) is 13.3. The first kappa shape index (κ1) is 12.5. The standard InChI is InChI=1S/C11H22N2O2/c12-11(15)10-4-7-13(8-5-10)6-2-1-3-9-14/h10,14H,1-9H2,(H2,12,15). The van der Waals surface area contributed by atoms with E-state index in [1.54, 1.807) is 0 Å². The van der Waals surface area contributed by atoms with Gasteiger partial charge in [-0.3, -0.25) is 4.79 Å². The molecule has 1 saturated heterocycles. The van der Waals surface area contributed by atoms with Crippen molar-refractivity contribution in [1.82, 2.24) is 4.90 Å². The summed E-state index contributed by atoms with van der Waals surface area (Å²) in [6.07, 6.45) is 4.95. The number of nitrogens with two attached hydrogens (primary N) is 1. The molecule has 0 aromatic heterocycles. The molecule has 4 heteroatoms. The van der Waals surface area contributed by atoms with Crippen LogP contribution < -0.4 is 5.73 Å². The number of carbonyl (C=O) groups excluding carboxylic acids is 1. The summed E-state index contributed by atoms with van der Waals surface area (Å²) in [5.74, 6) is -0.0476. The van der Waals surface area contributed by atoms with Crippen molar-refractivity contribution in [3.63, 3.8) is 0 Å². The quantitative estimate of drug-likeness (QED) is 0.627. The average molecular weight is 214 g/mol. The third-order valence-corrected chi connectivity index (χ3v) is 3.12. The molecule has 0 aromatic rings. The summed E-state index contributed by atoms with van der Waals surface area (Å²) >= 11 is 0. The van der Waals surface area contributed by atoms with Crippen molar-refractivity contribution in [2.24, 2.45) is 11.7 Å². The number of nitrogens with zero attached hydrogens (tertiary/aromatic N) is 1. The maximum absolute atomic E-state index is 10.9. The number of primary amides is 1. The number of hydrogen-bond acceptors (Lipinski definition) is 3. The van der Waals surface area contributed by atoms with Gasteiger partial charge >= 0.3 is 0 Å². The van der Waals surface area contributed by atoms with E-state index >= 15 is 0 Å². The van der Waals surface area contributed by atoms with E-state index in [-0.39, 0.29) is 11.8 Å². The van der Waals surface area contributed by atoms with Crippen LogP contribution in [0.25, 0.3) is 0 Å². The Labute approximate surface area is 91.4 Å². The van der Waals surface area contributed by atoms with Crippen LogP contribution in [0.2, 0.25) is 0 Å². The first-order valence-corrected chi connectivity index (χ1v) is 5.86. The highest BCUT2D eigenvalue weighted by Gasteiger charge is 2.22. The largest absolute Gasteiger partial charge is 0.396 e. The van der Waals surface area contributed by atoms with Gasteiger partial charge in [-0.15, -0.1) is 0 Å². The van der Waals surface area contributed by atoms with Gasteiger partial charge in [0.1, 0.15) is 0 Å². The molecule has 0 radical (unpaired) electrons. The predicted octanol–water partition coefficient (Wildman–Crippen LogP) is 0.346. The van der Waals surface area contributed by atoms with Crippen molar-refractivity contribution in [1.29, 1.82) is 0 Å². The molecule has 1 rings (SSSR count). The molecule has 88 valence electrons. The molecular weight excluding hydrogens is 192 g/mol. The van der Waals surface area contributed by atoms with Crippen LogP contribution >= 0.6 is 0 Å². The topological polar surface area (TPSA) is 66.6 Å². The lowest BCUT2D eigenvalue weighted by Crippen LogP contribution is -2.38. The zero-order valence-corrected chi connectivity index (χ0v) is 9.32. The number of rotatable bonds is 6. The molecule has 0 aromatic carbocycles. The van der Waals surface area contributed by atoms with Crippen LogP contribution in [0.5, 0.6) is 0 Å². The second-order valence-corrected chi connectivity index (χ2v) is 4.30. The number of likely N-dealkylation sites (tertiary alicyclic amines) is 1. The van der Waals surface area contributed by atoms with E-state index in [2.05, 4.69) is 4.90 Å². The normalized spacial score (nSPS) is 19.3. The number of aliphatic hydroxyl groups is 1. The average Bonchev–Trinajstić information content (AvgIpc) is 2.25. The number of unbranched alkanes of at least 4 members (excludes halogenated alkanes) is 2. The van der Waals surface area contributed by atoms with Crippen LogP contribution in [0.15, 0.2) is 0 Å². The Morgan fingerprint density at radius 2 is 1.93 bits per heavy atom. The van der Waals surface area contributed by atoms with Crippen LogP contribution in [-0.4, -0.2) is 42.2 Å². The molecule has 0 aliphatic carbocycles. The summed E-state index contributed by atoms with van der Waals surface area (Å²) in [7, 11) is 0. The third kappa shape index (κ3) is 4.62. The van der Waals surface area contributed by atoms with Gasteiger partial charge in [-0.2, -0.15) is 0 Å². The Kier molecular flexibility index (Phi) is 5.65. The summed E-state index contributed by atoms with van der Waals surface area (Å²) in [6.45, 7) is 3.37. The lowest BCUT2D eigenvalue weighted by atomic mass is 9.96. The molecule has 1 aliphatic rings. The van der Waals surface area contributed by atoms with Crippen LogP contribution in [0.4, 0.5) is 0 Å². The number of aliphatic hydroxyl groups excluding tert-OH is 1. The molecule has 15 heavy (non-hydrogen) atoms. The van der Waals surface area contributed by atoms with Gasteiger partial charge in [-0.25, -0.2) is 0 Å². The summed E-state index contributed by atoms with van der Waals surface area (Å²) in [5.41, 5.74) is 5.27. The second-order valence-electron chi connectivity index (χ2n) is 4.30. The minimum Gasteiger partial charge on any atom is -0.396 e. The predicted molar refractivity (Wildman–Crippen MR) is 59.3 cm³/mol. The molecule has 1 amide bonds. The molecule has 0 saturated carbocycles. The van der Waals surface area contributed by atoms with Gasteiger partial charge in [0.2, 0.25) is 5.91 Å². The number of amides is 1. The molecule has 0 unspecified atom stereocenters. The molecule has 0 spiro atoms. The lowest BCUT2D eigenvalue weighted by molar-refractivity contribution is -0.123. The van der Waals surface area contributed by atoms with E-state index in [0.717, 1.165) is 51.7 Å². The molecule has 0 atom stereocenters. The van der Waals surface area contributed by atoms with Gasteiger partial charge in [0.05, 0.1) is 0 Å². The van der Waals surface area contributed by atoms with E-state index in [1.165, 1.54) is 0 Å². The summed E-state index contributed by atoms with van der Waals surface area (Å²) < 4.78 is 0. The molecule has 1 aliphatic heterocycles. The van der Waals surface area contributed by atoms with Crippen molar-refractivity contribution in [2.75, 3.05) is 26.2 Å². The van der Waals surface area contributed by atoms with Crippen molar-refractivity contribution >= 4 is 5.91 Å². The minimum atomic E-state index is -0.144. The molecule has 1 fully saturated rings. The van der Waals surface area contributed by atoms with Crippen LogP contribution in [0, 0.1) is 5.92 Å². The lowest BCUT2D eigenvalue weighted by Gasteiger charge is -2.30. The van der Waals surface area contributed by atoms with Crippen LogP contribution in [-0.2, 0) is 4.79 Å². The summed E-state index contributed by atoms with van der Waals surface area (Å²) in [5, 5.41) is 8.63. The molecule has 1 heterocycles. The Morgan fingerprint density at radius 1 is 1.27 bits per heavy atom. The van der Waals surface area contributed by atoms with Gasteiger partial charge < -0.3 is 15.7 Å². The van der Waals surface area contributed by atoms with E-state index in [1.807, 2.05) is 0 Å². The fourth-order valence-electron chi connectivity index (χ4n) is 2.07. The SMILES string of the molecule is NC(=O)C1CCN(CCCCCO)CC1. The third-order valence-electron chi connectivity index (χ3n) is 3.12. The van der Waals surface area contributed by atoms with E-state index < -0.39 is 0 Å². The minimum absolute atomic E-state index is 0.0960. The first-order chi connectivity index (χ1) is 7.24. The van der Waals surface area contributed by atoms with Gasteiger partial charge in [-0.1, -0.05) is 0 Å². The highest BCUT2D eigenvalue weighted by atomic mass is 16.2. The Balaban J connectivity index is 2.07. The maximum atomic E-state index is 10.9. The Morgan fingerprint density at radius 3 is 2.47 bits per heavy atom. The molecular formula is C11H22N2O2. The molecule has 3 N–H and O–H groups in total. The second kappa shape index (κ2) is 6.80. The van der Waals surface area contributed by atoms with Crippen molar-refractivity contribution in [3.05, 3.63) is 0 Å². The molecule has 0 bridgehead atoms. The first-order valence-electron chi connectivity index (χ1n) is 5.86. The Bertz CT molecular complexity index is 189. The van der Waals surface area contributed by atoms with E-state index in [9.17, 15) is 4.79 Å². The van der Waals surface area contributed by atoms with Crippen LogP contribution in [0.1, 0.15) is 32.1 Å². The fraction of sp³-hybridized carbons (Fsp3) is 0.909. The highest BCUT2D eigenvalue weighted by Crippen LogP contribution is 2.16. The van der Waals surface area contributed by atoms with Crippen LogP contribution in [0.3, 0.4) is 0 Å². The van der Waals surface area contributed by atoms with Gasteiger partial charge in [0.15, 0.2) is 0 Å². The number of hydrogen-bond donors (Lipinski definition) is 2. The van der Waals surface area contributed by atoms with Crippen molar-refractivity contribution in [2.45, 2.75) is 32.1 Å². The fourth-order valence-corrected chi connectivity index (χ4v) is 2.07. The van der Waals surface area contributed by atoms with E-state index in [4.69, 9.17) is 10.8 Å². The monoisotopic (exact) mass is 214 g/mol. The van der Waals surface area contributed by atoms with Gasteiger partial charge in [0.25, 0.3) is 0 Å². The zero-order valence-electron chi connectivity index (χ0n) is 9.32. The maximum Gasteiger partial charge on any atom is 0.220 e. The smallest absolute Gasteiger partial charge is 0.220 e. The van der Waals surface area contributed by atoms with Gasteiger partial charge in [-0.05, 0) is 51.7 Å². The van der Waals surface area contributed by atoms with Crippen molar-refractivity contribution in [3.8, 4) is 0 Å². The summed E-state index contributed by atoms with van der Waals surface area (Å²) in [6, 6.07) is 0.